The summed E-state index contributed by atoms with van der Waals surface area (Å²) in [5, 5.41) is 3.76. The van der Waals surface area contributed by atoms with Crippen LogP contribution in [0.1, 0.15) is 35.8 Å². The van der Waals surface area contributed by atoms with Crippen molar-refractivity contribution >= 4 is 17.5 Å². The zero-order chi connectivity index (χ0) is 19.9. The first kappa shape index (κ1) is 20.0. The van der Waals surface area contributed by atoms with E-state index >= 15 is 0 Å². The number of aromatic nitrogens is 3. The highest BCUT2D eigenvalue weighted by Gasteiger charge is 2.21. The number of likely N-dealkylation sites (N-methyl/N-ethyl adjacent to an activating group) is 1. The Balaban J connectivity index is 1.77. The van der Waals surface area contributed by atoms with Gasteiger partial charge in [0.15, 0.2) is 0 Å². The summed E-state index contributed by atoms with van der Waals surface area (Å²) in [6.07, 6.45) is 6.74. The molecule has 0 fully saturated rings. The quantitative estimate of drug-likeness (QED) is 0.629. The van der Waals surface area contributed by atoms with Gasteiger partial charge in [0.05, 0.1) is 6.04 Å². The third-order valence-electron chi connectivity index (χ3n) is 4.75. The molecule has 0 bridgehead atoms. The van der Waals surface area contributed by atoms with Crippen LogP contribution in [0.2, 0.25) is 5.02 Å². The van der Waals surface area contributed by atoms with Crippen LogP contribution >= 0.6 is 11.6 Å². The molecule has 2 aromatic heterocycles. The largest absolute Gasteiger partial charge is 0.350 e. The topological polar surface area (TPSA) is 63.1 Å². The van der Waals surface area contributed by atoms with Crippen molar-refractivity contribution in [2.45, 2.75) is 19.9 Å². The van der Waals surface area contributed by atoms with Crippen LogP contribution in [0.3, 0.4) is 0 Å². The Labute approximate surface area is 170 Å². The number of carbonyl (C=O) groups excluding carboxylic acids is 1. The molecule has 146 valence electrons. The number of amides is 1. The van der Waals surface area contributed by atoms with E-state index in [9.17, 15) is 4.79 Å². The van der Waals surface area contributed by atoms with Crippen molar-refractivity contribution in [1.82, 2.24) is 24.8 Å². The Morgan fingerprint density at radius 1 is 1.21 bits per heavy atom. The second-order valence-electron chi connectivity index (χ2n) is 6.34. The van der Waals surface area contributed by atoms with Crippen molar-refractivity contribution < 1.29 is 4.79 Å². The third kappa shape index (κ3) is 4.58. The number of hydrogen-bond acceptors (Lipinski definition) is 4. The van der Waals surface area contributed by atoms with Crippen LogP contribution in [0.15, 0.2) is 61.3 Å². The third-order valence-corrected chi connectivity index (χ3v) is 5.09. The van der Waals surface area contributed by atoms with Gasteiger partial charge in [-0.05, 0) is 36.9 Å². The highest BCUT2D eigenvalue weighted by atomic mass is 35.5. The molecule has 1 aromatic carbocycles. The van der Waals surface area contributed by atoms with Crippen LogP contribution in [0.5, 0.6) is 0 Å². The molecule has 0 aliphatic rings. The summed E-state index contributed by atoms with van der Waals surface area (Å²) < 4.78 is 1.76. The van der Waals surface area contributed by atoms with E-state index in [4.69, 9.17) is 11.6 Å². The summed E-state index contributed by atoms with van der Waals surface area (Å²) in [6.45, 7) is 6.41. The van der Waals surface area contributed by atoms with E-state index in [0.717, 1.165) is 18.7 Å². The average Bonchev–Trinajstić information content (AvgIpc) is 3.27. The van der Waals surface area contributed by atoms with Crippen LogP contribution < -0.4 is 5.32 Å². The molecule has 3 rings (SSSR count). The molecule has 0 unspecified atom stereocenters. The fraction of sp³-hybridized carbons (Fsp3) is 0.286. The Kier molecular flexibility index (Phi) is 6.79. The lowest BCUT2D eigenvalue weighted by atomic mass is 10.0. The minimum atomic E-state index is -0.145. The normalized spacial score (nSPS) is 12.1. The zero-order valence-electron chi connectivity index (χ0n) is 16.0. The van der Waals surface area contributed by atoms with E-state index in [0.29, 0.717) is 22.9 Å². The van der Waals surface area contributed by atoms with Crippen LogP contribution in [-0.4, -0.2) is 45.0 Å². The summed E-state index contributed by atoms with van der Waals surface area (Å²) in [4.78, 5) is 23.4. The molecule has 1 amide bonds. The van der Waals surface area contributed by atoms with Crippen molar-refractivity contribution in [2.24, 2.45) is 0 Å². The van der Waals surface area contributed by atoms with Crippen molar-refractivity contribution in [3.05, 3.63) is 77.5 Å². The van der Waals surface area contributed by atoms with Crippen LogP contribution in [0, 0.1) is 0 Å². The molecular formula is C21H24ClN5O. The lowest BCUT2D eigenvalue weighted by molar-refractivity contribution is 0.0935. The van der Waals surface area contributed by atoms with E-state index in [-0.39, 0.29) is 11.9 Å². The number of hydrogen-bond donors (Lipinski definition) is 1. The SMILES string of the molecule is CCN(CC)[C@H](CNC(=O)c1ccnc(-n2ccnc2)c1)c1ccccc1Cl. The first-order valence-electron chi connectivity index (χ1n) is 9.35. The number of nitrogens with zero attached hydrogens (tertiary/aromatic N) is 4. The number of halogens is 1. The van der Waals surface area contributed by atoms with Gasteiger partial charge >= 0.3 is 0 Å². The number of rotatable bonds is 8. The number of carbonyl (C=O) groups is 1. The fourth-order valence-corrected chi connectivity index (χ4v) is 3.49. The Morgan fingerprint density at radius 3 is 2.68 bits per heavy atom. The highest BCUT2D eigenvalue weighted by Crippen LogP contribution is 2.27. The number of benzene rings is 1. The summed E-state index contributed by atoms with van der Waals surface area (Å²) in [6, 6.07) is 11.2. The molecule has 0 aliphatic heterocycles. The molecule has 0 saturated carbocycles. The van der Waals surface area contributed by atoms with E-state index in [1.807, 2.05) is 24.3 Å². The first-order chi connectivity index (χ1) is 13.6. The van der Waals surface area contributed by atoms with Crippen molar-refractivity contribution in [3.8, 4) is 5.82 Å². The molecule has 0 aliphatic carbocycles. The lowest BCUT2D eigenvalue weighted by Crippen LogP contribution is -2.38. The van der Waals surface area contributed by atoms with E-state index in [1.165, 1.54) is 0 Å². The van der Waals surface area contributed by atoms with E-state index < -0.39 is 0 Å². The van der Waals surface area contributed by atoms with Crippen molar-refractivity contribution in [1.29, 1.82) is 0 Å². The average molecular weight is 398 g/mol. The predicted octanol–water partition coefficient (Wildman–Crippen LogP) is 3.73. The van der Waals surface area contributed by atoms with Gasteiger partial charge in [0.2, 0.25) is 0 Å². The van der Waals surface area contributed by atoms with Gasteiger partial charge in [-0.3, -0.25) is 14.3 Å². The maximum absolute atomic E-state index is 12.8. The molecule has 7 heteroatoms. The molecule has 2 heterocycles. The second-order valence-corrected chi connectivity index (χ2v) is 6.75. The van der Waals surface area contributed by atoms with Crippen LogP contribution in [-0.2, 0) is 0 Å². The maximum Gasteiger partial charge on any atom is 0.251 e. The van der Waals surface area contributed by atoms with Gasteiger partial charge in [-0.15, -0.1) is 0 Å². The minimum Gasteiger partial charge on any atom is -0.350 e. The number of imidazole rings is 1. The minimum absolute atomic E-state index is 0.00241. The van der Waals surface area contributed by atoms with Gasteiger partial charge in [0.1, 0.15) is 12.1 Å². The summed E-state index contributed by atoms with van der Waals surface area (Å²) in [7, 11) is 0. The monoisotopic (exact) mass is 397 g/mol. The van der Waals surface area contributed by atoms with Gasteiger partial charge in [-0.1, -0.05) is 43.6 Å². The smallest absolute Gasteiger partial charge is 0.251 e. The Morgan fingerprint density at radius 2 is 2.00 bits per heavy atom. The summed E-state index contributed by atoms with van der Waals surface area (Å²) >= 11 is 6.43. The Hall–Kier alpha value is -2.70. The first-order valence-corrected chi connectivity index (χ1v) is 9.72. The molecule has 0 spiro atoms. The van der Waals surface area contributed by atoms with Crippen LogP contribution in [0.4, 0.5) is 0 Å². The molecule has 3 aromatic rings. The summed E-state index contributed by atoms with van der Waals surface area (Å²) in [5.74, 6) is 0.504. The zero-order valence-corrected chi connectivity index (χ0v) is 16.8. The Bertz CT molecular complexity index is 909. The van der Waals surface area contributed by atoms with Gasteiger partial charge < -0.3 is 5.32 Å². The maximum atomic E-state index is 12.8. The number of pyridine rings is 1. The van der Waals surface area contributed by atoms with Gasteiger partial charge in [0, 0.05) is 35.7 Å². The van der Waals surface area contributed by atoms with Gasteiger partial charge in [-0.2, -0.15) is 0 Å². The molecule has 0 radical (unpaired) electrons. The predicted molar refractivity (Wildman–Crippen MR) is 111 cm³/mol. The van der Waals surface area contributed by atoms with Crippen molar-refractivity contribution in [3.63, 3.8) is 0 Å². The molecule has 1 N–H and O–H groups in total. The second kappa shape index (κ2) is 9.48. The highest BCUT2D eigenvalue weighted by molar-refractivity contribution is 6.31. The molecule has 1 atom stereocenters. The molecular weight excluding hydrogens is 374 g/mol. The fourth-order valence-electron chi connectivity index (χ4n) is 3.23. The standard InChI is InChI=1S/C21H24ClN5O/c1-3-26(4-2)19(17-7-5-6-8-18(17)22)14-25-21(28)16-9-10-24-20(13-16)27-12-11-23-15-27/h5-13,15,19H,3-4,14H2,1-2H3,(H,25,28)/t19-/m1/s1. The molecule has 6 nitrogen and oxygen atoms in total. The molecule has 0 saturated heterocycles. The van der Waals surface area contributed by atoms with Crippen LogP contribution in [0.25, 0.3) is 5.82 Å². The van der Waals surface area contributed by atoms with E-state index in [1.54, 1.807) is 41.6 Å². The van der Waals surface area contributed by atoms with Crippen molar-refractivity contribution in [2.75, 3.05) is 19.6 Å². The molecule has 28 heavy (non-hydrogen) atoms. The van der Waals surface area contributed by atoms with E-state index in [2.05, 4.69) is 34.0 Å². The van der Waals surface area contributed by atoms with Gasteiger partial charge in [-0.25, -0.2) is 9.97 Å². The summed E-state index contributed by atoms with van der Waals surface area (Å²) in [5.41, 5.74) is 1.57. The number of nitrogens with one attached hydrogen (secondary N) is 1. The lowest BCUT2D eigenvalue weighted by Gasteiger charge is -2.31. The van der Waals surface area contributed by atoms with Gasteiger partial charge in [0.25, 0.3) is 5.91 Å².